The summed E-state index contributed by atoms with van der Waals surface area (Å²) >= 11 is 0. The monoisotopic (exact) mass is 553 g/mol. The van der Waals surface area contributed by atoms with Crippen molar-refractivity contribution in [1.29, 1.82) is 0 Å². The third-order valence-corrected chi connectivity index (χ3v) is 8.50. The lowest BCUT2D eigenvalue weighted by Gasteiger charge is -2.28. The zero-order chi connectivity index (χ0) is 27.5. The second-order valence-electron chi connectivity index (χ2n) is 8.58. The van der Waals surface area contributed by atoms with Crippen LogP contribution in [0, 0.1) is 0 Å². The molecular formula is C27H27N3O6S2. The van der Waals surface area contributed by atoms with E-state index in [-0.39, 0.29) is 4.90 Å². The molecule has 0 heterocycles. The van der Waals surface area contributed by atoms with E-state index in [1.807, 2.05) is 30.3 Å². The highest BCUT2D eigenvalue weighted by Crippen LogP contribution is 2.27. The minimum atomic E-state index is -3.90. The van der Waals surface area contributed by atoms with Gasteiger partial charge in [-0.25, -0.2) is 16.8 Å². The number of nitrogens with zero attached hydrogens (tertiary/aromatic N) is 1. The first-order valence-corrected chi connectivity index (χ1v) is 14.9. The molecular weight excluding hydrogens is 526 g/mol. The molecule has 11 heteroatoms. The topological polar surface area (TPSA) is 122 Å². The number of carbonyl (C=O) groups is 1. The van der Waals surface area contributed by atoms with Crippen molar-refractivity contribution in [2.24, 2.45) is 0 Å². The normalized spacial score (nSPS) is 12.5. The lowest BCUT2D eigenvalue weighted by atomic mass is 10.1. The Labute approximate surface area is 222 Å². The molecule has 0 bridgehead atoms. The molecule has 4 aromatic carbocycles. The summed E-state index contributed by atoms with van der Waals surface area (Å²) in [5.41, 5.74) is 1.07. The van der Waals surface area contributed by atoms with Crippen LogP contribution in [0.1, 0.15) is 6.92 Å². The molecule has 0 saturated heterocycles. The van der Waals surface area contributed by atoms with Crippen LogP contribution >= 0.6 is 0 Å². The molecule has 9 nitrogen and oxygen atoms in total. The minimum absolute atomic E-state index is 0.00692. The fraction of sp³-hybridized carbons (Fsp3) is 0.148. The smallest absolute Gasteiger partial charge is 0.261 e. The van der Waals surface area contributed by atoms with Gasteiger partial charge in [0.05, 0.1) is 29.6 Å². The molecule has 0 aliphatic heterocycles. The lowest BCUT2D eigenvalue weighted by molar-refractivity contribution is -0.116. The number of rotatable bonds is 9. The summed E-state index contributed by atoms with van der Waals surface area (Å²) in [6, 6.07) is 23.6. The Morgan fingerprint density at radius 2 is 1.47 bits per heavy atom. The molecule has 198 valence electrons. The molecule has 1 atom stereocenters. The number of amides is 1. The minimum Gasteiger partial charge on any atom is -0.497 e. The van der Waals surface area contributed by atoms with Crippen LogP contribution in [0.5, 0.6) is 5.75 Å². The zero-order valence-electron chi connectivity index (χ0n) is 21.0. The molecule has 0 unspecified atom stereocenters. The lowest BCUT2D eigenvalue weighted by Crippen LogP contribution is -2.45. The van der Waals surface area contributed by atoms with Gasteiger partial charge in [-0.2, -0.15) is 0 Å². The van der Waals surface area contributed by atoms with Crippen molar-refractivity contribution in [1.82, 2.24) is 0 Å². The maximum Gasteiger partial charge on any atom is 0.261 e. The van der Waals surface area contributed by atoms with Crippen LogP contribution < -0.4 is 19.1 Å². The van der Waals surface area contributed by atoms with Gasteiger partial charge < -0.3 is 10.1 Å². The van der Waals surface area contributed by atoms with Gasteiger partial charge in [0.1, 0.15) is 11.8 Å². The number of anilines is 3. The molecule has 0 saturated carbocycles. The maximum absolute atomic E-state index is 13.0. The average Bonchev–Trinajstić information content (AvgIpc) is 2.89. The summed E-state index contributed by atoms with van der Waals surface area (Å²) < 4.78 is 59.8. The predicted octanol–water partition coefficient (Wildman–Crippen LogP) is 4.44. The van der Waals surface area contributed by atoms with Gasteiger partial charge in [0.15, 0.2) is 0 Å². The van der Waals surface area contributed by atoms with Crippen molar-refractivity contribution in [3.63, 3.8) is 0 Å². The first-order chi connectivity index (χ1) is 18.0. The van der Waals surface area contributed by atoms with E-state index >= 15 is 0 Å². The Morgan fingerprint density at radius 3 is 2.11 bits per heavy atom. The van der Waals surface area contributed by atoms with Crippen LogP contribution in [0.3, 0.4) is 0 Å². The molecule has 0 aromatic heterocycles. The molecule has 0 spiro atoms. The van der Waals surface area contributed by atoms with Gasteiger partial charge in [-0.1, -0.05) is 36.4 Å². The molecule has 2 N–H and O–H groups in total. The molecule has 0 aliphatic carbocycles. The SMILES string of the molecule is COc1ccc(N([C@@H](C)C(=O)Nc2ccc(S(=O)(=O)Nc3cccc4ccccc34)cc2)S(C)(=O)=O)cc1. The second kappa shape index (κ2) is 10.7. The molecule has 4 rings (SSSR count). The number of fused-ring (bicyclic) bond motifs is 1. The van der Waals surface area contributed by atoms with E-state index in [0.29, 0.717) is 22.8 Å². The highest BCUT2D eigenvalue weighted by molar-refractivity contribution is 7.92. The summed E-state index contributed by atoms with van der Waals surface area (Å²) in [7, 11) is -6.21. The molecule has 4 aromatic rings. The van der Waals surface area contributed by atoms with Crippen molar-refractivity contribution < 1.29 is 26.4 Å². The Hall–Kier alpha value is -4.09. The average molecular weight is 554 g/mol. The van der Waals surface area contributed by atoms with Crippen LogP contribution in [0.15, 0.2) is 95.9 Å². The summed E-state index contributed by atoms with van der Waals surface area (Å²) in [4.78, 5) is 13.0. The largest absolute Gasteiger partial charge is 0.497 e. The number of methoxy groups -OCH3 is 1. The van der Waals surface area contributed by atoms with E-state index in [4.69, 9.17) is 4.74 Å². The van der Waals surface area contributed by atoms with Crippen molar-refractivity contribution in [3.8, 4) is 5.75 Å². The van der Waals surface area contributed by atoms with Crippen LogP contribution in [0.2, 0.25) is 0 Å². The molecule has 38 heavy (non-hydrogen) atoms. The quantitative estimate of drug-likeness (QED) is 0.316. The van der Waals surface area contributed by atoms with E-state index in [1.54, 1.807) is 36.4 Å². The highest BCUT2D eigenvalue weighted by Gasteiger charge is 2.29. The van der Waals surface area contributed by atoms with Crippen LogP contribution in [-0.4, -0.2) is 42.2 Å². The maximum atomic E-state index is 13.0. The number of nitrogens with one attached hydrogen (secondary N) is 2. The van der Waals surface area contributed by atoms with Crippen LogP contribution in [0.4, 0.5) is 17.1 Å². The summed E-state index contributed by atoms with van der Waals surface area (Å²) in [5.74, 6) is -0.0416. The van der Waals surface area contributed by atoms with Gasteiger partial charge >= 0.3 is 0 Å². The first kappa shape index (κ1) is 27.0. The van der Waals surface area contributed by atoms with E-state index in [9.17, 15) is 21.6 Å². The third kappa shape index (κ3) is 5.90. The summed E-state index contributed by atoms with van der Waals surface area (Å²) in [6.45, 7) is 1.47. The third-order valence-electron chi connectivity index (χ3n) is 5.88. The van der Waals surface area contributed by atoms with Crippen LogP contribution in [0.25, 0.3) is 10.8 Å². The van der Waals surface area contributed by atoms with Gasteiger partial charge in [-0.15, -0.1) is 0 Å². The fourth-order valence-corrected chi connectivity index (χ4v) is 6.27. The number of benzene rings is 4. The van der Waals surface area contributed by atoms with Gasteiger partial charge in [0.25, 0.3) is 10.0 Å². The Balaban J connectivity index is 1.51. The van der Waals surface area contributed by atoms with Crippen LogP contribution in [-0.2, 0) is 24.8 Å². The number of hydrogen-bond donors (Lipinski definition) is 2. The number of sulfonamides is 2. The number of ether oxygens (including phenoxy) is 1. The summed E-state index contributed by atoms with van der Waals surface area (Å²) in [5, 5.41) is 4.32. The van der Waals surface area contributed by atoms with Gasteiger partial charge in [-0.3, -0.25) is 13.8 Å². The predicted molar refractivity (Wildman–Crippen MR) is 150 cm³/mol. The van der Waals surface area contributed by atoms with Crippen molar-refractivity contribution in [3.05, 3.63) is 91.0 Å². The van der Waals surface area contributed by atoms with Gasteiger partial charge in [0.2, 0.25) is 15.9 Å². The standard InChI is InChI=1S/C27H27N3O6S2/c1-19(30(37(3,32)33)22-13-15-23(36-2)16-14-22)27(31)28-21-11-17-24(18-12-21)38(34,35)29-26-10-6-8-20-7-4-5-9-25(20)26/h4-19,29H,1-3H3,(H,28,31)/t19-/m0/s1. The van der Waals surface area contributed by atoms with Crippen molar-refractivity contribution in [2.75, 3.05) is 27.7 Å². The Bertz CT molecular complexity index is 1670. The van der Waals surface area contributed by atoms with Gasteiger partial charge in [-0.05, 0) is 66.9 Å². The first-order valence-electron chi connectivity index (χ1n) is 11.5. The van der Waals surface area contributed by atoms with E-state index in [2.05, 4.69) is 10.0 Å². The number of carbonyl (C=O) groups excluding carboxylic acids is 1. The molecule has 0 fully saturated rings. The van der Waals surface area contributed by atoms with E-state index in [0.717, 1.165) is 21.3 Å². The van der Waals surface area contributed by atoms with Crippen molar-refractivity contribution in [2.45, 2.75) is 17.9 Å². The molecule has 0 aliphatic rings. The zero-order valence-corrected chi connectivity index (χ0v) is 22.6. The highest BCUT2D eigenvalue weighted by atomic mass is 32.2. The van der Waals surface area contributed by atoms with Gasteiger partial charge in [0, 0.05) is 11.1 Å². The second-order valence-corrected chi connectivity index (χ2v) is 12.1. The summed E-state index contributed by atoms with van der Waals surface area (Å²) in [6.07, 6.45) is 1.02. The molecule has 1 amide bonds. The number of hydrogen-bond acceptors (Lipinski definition) is 6. The van der Waals surface area contributed by atoms with E-state index < -0.39 is 32.0 Å². The Morgan fingerprint density at radius 1 is 0.842 bits per heavy atom. The fourth-order valence-electron chi connectivity index (χ4n) is 4.02. The van der Waals surface area contributed by atoms with Crippen molar-refractivity contribution >= 4 is 53.8 Å². The molecule has 0 radical (unpaired) electrons. The Kier molecular flexibility index (Phi) is 7.61. The van der Waals surface area contributed by atoms with E-state index in [1.165, 1.54) is 38.3 Å².